The highest BCUT2D eigenvalue weighted by Crippen LogP contribution is 2.10. The molecule has 212 valence electrons. The molecule has 1 aromatic rings. The third-order valence-electron chi connectivity index (χ3n) is 5.82. The number of carboxylic acids is 2. The number of carbonyl (C=O) groups is 5. The van der Waals surface area contributed by atoms with Gasteiger partial charge in [0.25, 0.3) is 0 Å². The lowest BCUT2D eigenvalue weighted by Crippen LogP contribution is -2.57. The fourth-order valence-corrected chi connectivity index (χ4v) is 3.77. The Morgan fingerprint density at radius 2 is 1.39 bits per heavy atom. The van der Waals surface area contributed by atoms with E-state index in [1.807, 2.05) is 44.2 Å². The molecule has 0 aromatic heterocycles. The van der Waals surface area contributed by atoms with Gasteiger partial charge in [-0.3, -0.25) is 19.2 Å². The first-order valence-corrected chi connectivity index (χ1v) is 12.8. The molecule has 0 aliphatic carbocycles. The molecule has 12 heteroatoms. The predicted octanol–water partition coefficient (Wildman–Crippen LogP) is 0.135. The third-order valence-corrected chi connectivity index (χ3v) is 5.82. The minimum Gasteiger partial charge on any atom is -0.481 e. The maximum atomic E-state index is 13.2. The average molecular weight is 536 g/mol. The number of carbonyl (C=O) groups excluding carboxylic acids is 3. The summed E-state index contributed by atoms with van der Waals surface area (Å²) in [5, 5.41) is 25.9. The number of hydrogen-bond acceptors (Lipinski definition) is 7. The van der Waals surface area contributed by atoms with Crippen LogP contribution in [0.4, 0.5) is 0 Å². The average Bonchev–Trinajstić information content (AvgIpc) is 2.85. The Morgan fingerprint density at radius 1 is 0.816 bits per heavy atom. The fourth-order valence-electron chi connectivity index (χ4n) is 3.77. The topological polar surface area (TPSA) is 214 Å². The minimum atomic E-state index is -1.43. The van der Waals surface area contributed by atoms with Crippen molar-refractivity contribution < 1.29 is 34.2 Å². The number of benzene rings is 1. The Labute approximate surface area is 222 Å². The third kappa shape index (κ3) is 12.6. The SMILES string of the molecule is CC(C)CC(NC(=O)C(CCCCN)NC(=O)C(N)Cc1ccccc1)C(=O)NC(CCC(=O)O)C(=O)O. The summed E-state index contributed by atoms with van der Waals surface area (Å²) in [6.07, 6.45) is 1.14. The highest BCUT2D eigenvalue weighted by Gasteiger charge is 2.30. The van der Waals surface area contributed by atoms with E-state index in [4.69, 9.17) is 16.6 Å². The van der Waals surface area contributed by atoms with Crippen molar-refractivity contribution in [2.75, 3.05) is 6.54 Å². The van der Waals surface area contributed by atoms with Crippen LogP contribution in [0.3, 0.4) is 0 Å². The number of rotatable bonds is 18. The lowest BCUT2D eigenvalue weighted by atomic mass is 10.0. The molecule has 38 heavy (non-hydrogen) atoms. The smallest absolute Gasteiger partial charge is 0.326 e. The van der Waals surface area contributed by atoms with Crippen molar-refractivity contribution in [2.45, 2.75) is 83.0 Å². The number of unbranched alkanes of at least 4 members (excludes halogenated alkanes) is 1. The molecule has 0 saturated carbocycles. The van der Waals surface area contributed by atoms with Crippen LogP contribution in [0.5, 0.6) is 0 Å². The van der Waals surface area contributed by atoms with E-state index >= 15 is 0 Å². The van der Waals surface area contributed by atoms with E-state index in [1.54, 1.807) is 0 Å². The van der Waals surface area contributed by atoms with Crippen LogP contribution in [0.2, 0.25) is 0 Å². The summed E-state index contributed by atoms with van der Waals surface area (Å²) in [7, 11) is 0. The number of nitrogens with two attached hydrogens (primary N) is 2. The van der Waals surface area contributed by atoms with Crippen molar-refractivity contribution in [1.82, 2.24) is 16.0 Å². The summed E-state index contributed by atoms with van der Waals surface area (Å²) in [5.74, 6) is -4.50. The molecule has 0 radical (unpaired) electrons. The molecule has 9 N–H and O–H groups in total. The lowest BCUT2D eigenvalue weighted by molar-refractivity contribution is -0.143. The number of nitrogens with one attached hydrogen (secondary N) is 3. The highest BCUT2D eigenvalue weighted by molar-refractivity contribution is 5.94. The number of aliphatic carboxylic acids is 2. The van der Waals surface area contributed by atoms with E-state index in [2.05, 4.69) is 16.0 Å². The van der Waals surface area contributed by atoms with Crippen LogP contribution in [0.25, 0.3) is 0 Å². The molecule has 3 amide bonds. The zero-order chi connectivity index (χ0) is 28.7. The Balaban J connectivity index is 2.96. The van der Waals surface area contributed by atoms with Gasteiger partial charge in [0, 0.05) is 6.42 Å². The van der Waals surface area contributed by atoms with Gasteiger partial charge in [0.1, 0.15) is 18.1 Å². The van der Waals surface area contributed by atoms with Crippen LogP contribution in [0.15, 0.2) is 30.3 Å². The normalized spacial score (nSPS) is 14.1. The molecule has 0 bridgehead atoms. The highest BCUT2D eigenvalue weighted by atomic mass is 16.4. The first-order chi connectivity index (χ1) is 17.9. The molecule has 1 rings (SSSR count). The molecule has 0 fully saturated rings. The van der Waals surface area contributed by atoms with Gasteiger partial charge in [-0.15, -0.1) is 0 Å². The standard InChI is InChI=1S/C26H41N5O7/c1-16(2)14-21(25(36)30-20(26(37)38)11-12-22(32)33)31-24(35)19(10-6-7-13-27)29-23(34)18(28)15-17-8-4-3-5-9-17/h3-5,8-9,16,18-21H,6-7,10-15,27-28H2,1-2H3,(H,29,34)(H,30,36)(H,31,35)(H,32,33)(H,37,38). The number of amides is 3. The molecular weight excluding hydrogens is 494 g/mol. The Morgan fingerprint density at radius 3 is 1.95 bits per heavy atom. The van der Waals surface area contributed by atoms with Gasteiger partial charge in [0.2, 0.25) is 17.7 Å². The van der Waals surface area contributed by atoms with Gasteiger partial charge in [0.05, 0.1) is 6.04 Å². The van der Waals surface area contributed by atoms with Crippen LogP contribution in [0.1, 0.15) is 57.9 Å². The maximum Gasteiger partial charge on any atom is 0.326 e. The van der Waals surface area contributed by atoms with Crippen LogP contribution >= 0.6 is 0 Å². The summed E-state index contributed by atoms with van der Waals surface area (Å²) >= 11 is 0. The molecule has 1 aromatic carbocycles. The van der Waals surface area contributed by atoms with Gasteiger partial charge in [0.15, 0.2) is 0 Å². The largest absolute Gasteiger partial charge is 0.481 e. The molecule has 4 unspecified atom stereocenters. The van der Waals surface area contributed by atoms with Gasteiger partial charge in [-0.1, -0.05) is 44.2 Å². The van der Waals surface area contributed by atoms with Crippen LogP contribution in [-0.2, 0) is 30.4 Å². The molecule has 0 aliphatic rings. The van der Waals surface area contributed by atoms with Crippen LogP contribution in [0, 0.1) is 5.92 Å². The Hall–Kier alpha value is -3.51. The van der Waals surface area contributed by atoms with E-state index in [9.17, 15) is 29.1 Å². The van der Waals surface area contributed by atoms with Crippen molar-refractivity contribution in [2.24, 2.45) is 17.4 Å². The quantitative estimate of drug-likeness (QED) is 0.127. The zero-order valence-electron chi connectivity index (χ0n) is 22.0. The van der Waals surface area contributed by atoms with Gasteiger partial charge >= 0.3 is 11.9 Å². The van der Waals surface area contributed by atoms with Gasteiger partial charge in [-0.2, -0.15) is 0 Å². The fraction of sp³-hybridized carbons (Fsp3) is 0.577. The van der Waals surface area contributed by atoms with Gasteiger partial charge in [-0.25, -0.2) is 4.79 Å². The number of hydrogen-bond donors (Lipinski definition) is 7. The monoisotopic (exact) mass is 535 g/mol. The molecule has 12 nitrogen and oxygen atoms in total. The zero-order valence-corrected chi connectivity index (χ0v) is 22.0. The van der Waals surface area contributed by atoms with E-state index in [0.717, 1.165) is 5.56 Å². The molecule has 0 heterocycles. The molecule has 0 aliphatic heterocycles. The maximum absolute atomic E-state index is 13.2. The second-order valence-electron chi connectivity index (χ2n) is 9.66. The van der Waals surface area contributed by atoms with Crippen molar-refractivity contribution in [1.29, 1.82) is 0 Å². The van der Waals surface area contributed by atoms with Gasteiger partial charge < -0.3 is 37.6 Å². The summed E-state index contributed by atoms with van der Waals surface area (Å²) in [5.41, 5.74) is 12.5. The van der Waals surface area contributed by atoms with Crippen molar-refractivity contribution in [3.05, 3.63) is 35.9 Å². The predicted molar refractivity (Wildman–Crippen MR) is 141 cm³/mol. The number of carboxylic acid groups (broad SMARTS) is 2. The lowest BCUT2D eigenvalue weighted by Gasteiger charge is -2.26. The Kier molecular flexibility index (Phi) is 14.6. The molecule has 0 spiro atoms. The van der Waals surface area contributed by atoms with Crippen molar-refractivity contribution >= 4 is 29.7 Å². The second kappa shape index (κ2) is 17.1. The molecular formula is C26H41N5O7. The van der Waals surface area contributed by atoms with Crippen molar-refractivity contribution in [3.63, 3.8) is 0 Å². The summed E-state index contributed by atoms with van der Waals surface area (Å²) in [6.45, 7) is 4.06. The van der Waals surface area contributed by atoms with Crippen molar-refractivity contribution in [3.8, 4) is 0 Å². The van der Waals surface area contributed by atoms with E-state index < -0.39 is 60.2 Å². The molecule has 0 saturated heterocycles. The minimum absolute atomic E-state index is 0.0436. The van der Waals surface area contributed by atoms with Crippen LogP contribution in [-0.4, -0.2) is 70.6 Å². The summed E-state index contributed by atoms with van der Waals surface area (Å²) in [4.78, 5) is 61.3. The summed E-state index contributed by atoms with van der Waals surface area (Å²) < 4.78 is 0. The molecule has 4 atom stereocenters. The van der Waals surface area contributed by atoms with E-state index in [0.29, 0.717) is 19.4 Å². The summed E-state index contributed by atoms with van der Waals surface area (Å²) in [6, 6.07) is 4.79. The first-order valence-electron chi connectivity index (χ1n) is 12.8. The van der Waals surface area contributed by atoms with Crippen LogP contribution < -0.4 is 27.4 Å². The van der Waals surface area contributed by atoms with Gasteiger partial charge in [-0.05, 0) is 56.6 Å². The second-order valence-corrected chi connectivity index (χ2v) is 9.66. The first kappa shape index (κ1) is 32.5. The van der Waals surface area contributed by atoms with E-state index in [-0.39, 0.29) is 31.6 Å². The Bertz CT molecular complexity index is 926. The van der Waals surface area contributed by atoms with E-state index in [1.165, 1.54) is 0 Å².